The van der Waals surface area contributed by atoms with Crippen LogP contribution < -0.4 is 0 Å². The summed E-state index contributed by atoms with van der Waals surface area (Å²) in [6.07, 6.45) is 17.8. The van der Waals surface area contributed by atoms with Crippen LogP contribution in [0.5, 0.6) is 0 Å². The van der Waals surface area contributed by atoms with E-state index in [-0.39, 0.29) is 13.2 Å². The summed E-state index contributed by atoms with van der Waals surface area (Å²) in [7, 11) is -0.399. The average molecular weight is 412 g/mol. The molecule has 0 unspecified atom stereocenters. The summed E-state index contributed by atoms with van der Waals surface area (Å²) in [5.74, 6) is 0. The van der Waals surface area contributed by atoms with Gasteiger partial charge in [0.2, 0.25) is 0 Å². The Labute approximate surface area is 167 Å². The van der Waals surface area contributed by atoms with Crippen molar-refractivity contribution in [2.45, 2.75) is 96.8 Å². The highest BCUT2D eigenvalue weighted by Crippen LogP contribution is 2.35. The van der Waals surface area contributed by atoms with Crippen molar-refractivity contribution in [3.8, 4) is 0 Å². The molecule has 0 aromatic rings. The van der Waals surface area contributed by atoms with E-state index in [9.17, 15) is 4.57 Å². The first-order chi connectivity index (χ1) is 12.8. The Morgan fingerprint density at radius 1 is 0.741 bits per heavy atom. The van der Waals surface area contributed by atoms with E-state index >= 15 is 0 Å². The van der Waals surface area contributed by atoms with Crippen molar-refractivity contribution >= 4 is 7.82 Å². The lowest BCUT2D eigenvalue weighted by Crippen LogP contribution is -2.15. The van der Waals surface area contributed by atoms with Gasteiger partial charge in [-0.25, -0.2) is 4.57 Å². The van der Waals surface area contributed by atoms with Crippen LogP contribution in [0.1, 0.15) is 96.8 Å². The minimum atomic E-state index is -4.25. The molecule has 7 heteroatoms. The minimum Gasteiger partial charge on any atom is -0.395 e. The highest BCUT2D eigenvalue weighted by molar-refractivity contribution is 7.46. The SMILES string of the molecule is CCCCCCCCCCCCCCCCOP(=O)(O)O.CN(C)CCO. The highest BCUT2D eigenvalue weighted by atomic mass is 31.2. The second-order valence-corrected chi connectivity index (χ2v) is 8.69. The van der Waals surface area contributed by atoms with Gasteiger partial charge in [-0.2, -0.15) is 0 Å². The van der Waals surface area contributed by atoms with Gasteiger partial charge in [-0.05, 0) is 20.5 Å². The summed E-state index contributed by atoms with van der Waals surface area (Å²) in [6, 6.07) is 0. The normalized spacial score (nSPS) is 11.5. The van der Waals surface area contributed by atoms with Crippen LogP contribution >= 0.6 is 7.82 Å². The Morgan fingerprint density at radius 3 is 1.37 bits per heavy atom. The van der Waals surface area contributed by atoms with E-state index in [4.69, 9.17) is 14.9 Å². The van der Waals surface area contributed by atoms with Crippen molar-refractivity contribution in [1.82, 2.24) is 4.90 Å². The van der Waals surface area contributed by atoms with Crippen LogP contribution in [-0.4, -0.2) is 53.6 Å². The molecule has 0 saturated heterocycles. The molecule has 0 bridgehead atoms. The van der Waals surface area contributed by atoms with Crippen LogP contribution in [0.3, 0.4) is 0 Å². The summed E-state index contributed by atoms with van der Waals surface area (Å²) in [4.78, 5) is 19.0. The minimum absolute atomic E-state index is 0.169. The van der Waals surface area contributed by atoms with Crippen molar-refractivity contribution in [1.29, 1.82) is 0 Å². The molecule has 0 radical (unpaired) electrons. The molecule has 0 aliphatic carbocycles. The Morgan fingerprint density at radius 2 is 1.11 bits per heavy atom. The van der Waals surface area contributed by atoms with Gasteiger partial charge in [-0.15, -0.1) is 0 Å². The van der Waals surface area contributed by atoms with Crippen LogP contribution in [0.25, 0.3) is 0 Å². The monoisotopic (exact) mass is 411 g/mol. The molecule has 0 amide bonds. The lowest BCUT2D eigenvalue weighted by molar-refractivity contribution is 0.193. The second kappa shape index (κ2) is 22.3. The van der Waals surface area contributed by atoms with Gasteiger partial charge in [0.25, 0.3) is 0 Å². The van der Waals surface area contributed by atoms with Crippen molar-refractivity contribution in [2.75, 3.05) is 33.9 Å². The molecule has 0 aliphatic heterocycles. The summed E-state index contributed by atoms with van der Waals surface area (Å²) >= 11 is 0. The number of nitrogens with zero attached hydrogens (tertiary/aromatic N) is 1. The molecule has 3 N–H and O–H groups in total. The van der Waals surface area contributed by atoms with E-state index in [1.165, 1.54) is 70.6 Å². The molecule has 0 spiro atoms. The largest absolute Gasteiger partial charge is 0.469 e. The van der Waals surface area contributed by atoms with Crippen LogP contribution in [0.15, 0.2) is 0 Å². The van der Waals surface area contributed by atoms with Gasteiger partial charge >= 0.3 is 7.82 Å². The van der Waals surface area contributed by atoms with E-state index in [2.05, 4.69) is 11.4 Å². The molecule has 166 valence electrons. The van der Waals surface area contributed by atoms with Crippen LogP contribution in [0.2, 0.25) is 0 Å². The average Bonchev–Trinajstić information content (AvgIpc) is 2.58. The van der Waals surface area contributed by atoms with Crippen LogP contribution in [0, 0.1) is 0 Å². The number of hydrogen-bond donors (Lipinski definition) is 3. The molecular formula is C20H46NO5P. The molecule has 0 aromatic heterocycles. The van der Waals surface area contributed by atoms with Gasteiger partial charge in [0.15, 0.2) is 0 Å². The topological polar surface area (TPSA) is 90.2 Å². The van der Waals surface area contributed by atoms with Gasteiger partial charge in [-0.3, -0.25) is 4.52 Å². The predicted molar refractivity (Wildman–Crippen MR) is 114 cm³/mol. The Balaban J connectivity index is 0. The van der Waals surface area contributed by atoms with E-state index < -0.39 is 7.82 Å². The molecule has 0 heterocycles. The summed E-state index contributed by atoms with van der Waals surface area (Å²) in [6.45, 7) is 3.44. The third kappa shape index (κ3) is 34.0. The third-order valence-corrected chi connectivity index (χ3v) is 4.82. The first-order valence-electron chi connectivity index (χ1n) is 10.8. The van der Waals surface area contributed by atoms with Crippen molar-refractivity contribution in [3.63, 3.8) is 0 Å². The van der Waals surface area contributed by atoms with Crippen molar-refractivity contribution in [3.05, 3.63) is 0 Å². The smallest absolute Gasteiger partial charge is 0.395 e. The summed E-state index contributed by atoms with van der Waals surface area (Å²) < 4.78 is 14.8. The summed E-state index contributed by atoms with van der Waals surface area (Å²) in [5, 5.41) is 8.20. The predicted octanol–water partition coefficient (Wildman–Crippen LogP) is 5.12. The molecule has 0 rings (SSSR count). The fourth-order valence-electron chi connectivity index (χ4n) is 2.68. The molecule has 0 fully saturated rings. The van der Waals surface area contributed by atoms with Crippen LogP contribution in [-0.2, 0) is 9.09 Å². The fourth-order valence-corrected chi connectivity index (χ4v) is 3.05. The van der Waals surface area contributed by atoms with E-state index in [1.54, 1.807) is 0 Å². The number of likely N-dealkylation sites (N-methyl/N-ethyl adjacent to an activating group) is 1. The first-order valence-corrected chi connectivity index (χ1v) is 12.3. The van der Waals surface area contributed by atoms with Gasteiger partial charge in [-0.1, -0.05) is 90.4 Å². The number of hydrogen-bond acceptors (Lipinski definition) is 4. The number of phosphoric ester groups is 1. The number of phosphoric acid groups is 1. The Hall–Kier alpha value is 0.0300. The first kappa shape index (κ1) is 29.2. The zero-order chi connectivity index (χ0) is 20.8. The van der Waals surface area contributed by atoms with Gasteiger partial charge in [0, 0.05) is 6.54 Å². The zero-order valence-corrected chi connectivity index (χ0v) is 19.0. The maximum absolute atomic E-state index is 10.4. The standard InChI is InChI=1S/C16H35O4P.C4H11NO/c1-2-3-4-5-6-7-8-9-10-11-12-13-14-15-16-20-21(17,18)19;1-5(2)3-4-6/h2-16H2,1H3,(H2,17,18,19);6H,3-4H2,1-2H3. The summed E-state index contributed by atoms with van der Waals surface area (Å²) in [5.41, 5.74) is 0. The van der Waals surface area contributed by atoms with E-state index in [0.717, 1.165) is 25.8 Å². The quantitative estimate of drug-likeness (QED) is 0.214. The Bertz CT molecular complexity index is 323. The lowest BCUT2D eigenvalue weighted by Gasteiger charge is -2.05. The van der Waals surface area contributed by atoms with Gasteiger partial charge in [0.05, 0.1) is 13.2 Å². The molecular weight excluding hydrogens is 365 g/mol. The number of aliphatic hydroxyl groups is 1. The molecule has 0 atom stereocenters. The van der Waals surface area contributed by atoms with E-state index in [1.807, 2.05) is 19.0 Å². The van der Waals surface area contributed by atoms with Crippen molar-refractivity contribution < 1.29 is 24.0 Å². The molecule has 0 saturated carbocycles. The second-order valence-electron chi connectivity index (χ2n) is 7.45. The highest BCUT2D eigenvalue weighted by Gasteiger charge is 2.12. The Kier molecular flexibility index (Phi) is 24.2. The zero-order valence-electron chi connectivity index (χ0n) is 18.1. The number of rotatable bonds is 18. The number of aliphatic hydroxyl groups excluding tert-OH is 1. The van der Waals surface area contributed by atoms with Crippen LogP contribution in [0.4, 0.5) is 0 Å². The van der Waals surface area contributed by atoms with Gasteiger partial charge in [0.1, 0.15) is 0 Å². The maximum Gasteiger partial charge on any atom is 0.469 e. The van der Waals surface area contributed by atoms with Crippen molar-refractivity contribution in [2.24, 2.45) is 0 Å². The third-order valence-electron chi connectivity index (χ3n) is 4.30. The maximum atomic E-state index is 10.4. The lowest BCUT2D eigenvalue weighted by atomic mass is 10.0. The molecule has 0 aliphatic rings. The van der Waals surface area contributed by atoms with E-state index in [0.29, 0.717) is 0 Å². The fraction of sp³-hybridized carbons (Fsp3) is 1.00. The molecule has 6 nitrogen and oxygen atoms in total. The number of unbranched alkanes of at least 4 members (excludes halogenated alkanes) is 13. The van der Waals surface area contributed by atoms with Gasteiger partial charge < -0.3 is 19.8 Å². The molecule has 27 heavy (non-hydrogen) atoms. The molecule has 0 aromatic carbocycles.